The van der Waals surface area contributed by atoms with Gasteiger partial charge in [-0.2, -0.15) is 4.31 Å². The molecule has 1 aliphatic heterocycles. The minimum Gasteiger partial charge on any atom is -0.495 e. The molecule has 4 rings (SSSR count). The third kappa shape index (κ3) is 6.49. The molecular formula is C26H31N3O5S. The van der Waals surface area contributed by atoms with Gasteiger partial charge in [-0.1, -0.05) is 25.0 Å². The van der Waals surface area contributed by atoms with Crippen molar-refractivity contribution in [2.24, 2.45) is 0 Å². The number of nitrogens with one attached hydrogen (secondary N) is 2. The predicted octanol–water partition coefficient (Wildman–Crippen LogP) is 3.80. The van der Waals surface area contributed by atoms with Gasteiger partial charge >= 0.3 is 0 Å². The zero-order chi connectivity index (χ0) is 24.8. The molecule has 35 heavy (non-hydrogen) atoms. The Bertz CT molecular complexity index is 1200. The van der Waals surface area contributed by atoms with E-state index in [9.17, 15) is 18.0 Å². The number of carbonyl (C=O) groups is 2. The molecule has 1 saturated heterocycles. The van der Waals surface area contributed by atoms with Gasteiger partial charge in [-0.25, -0.2) is 8.42 Å². The summed E-state index contributed by atoms with van der Waals surface area (Å²) in [7, 11) is -2.20. The fourth-order valence-electron chi connectivity index (χ4n) is 3.96. The van der Waals surface area contributed by atoms with Crippen LogP contribution in [0.5, 0.6) is 5.75 Å². The molecule has 0 spiro atoms. The second-order valence-electron chi connectivity index (χ2n) is 8.87. The molecule has 2 fully saturated rings. The molecule has 2 aliphatic rings. The third-order valence-corrected chi connectivity index (χ3v) is 8.04. The Morgan fingerprint density at radius 2 is 1.69 bits per heavy atom. The van der Waals surface area contributed by atoms with Crippen molar-refractivity contribution in [1.82, 2.24) is 9.62 Å². The van der Waals surface area contributed by atoms with Crippen molar-refractivity contribution >= 4 is 33.6 Å². The molecule has 0 unspecified atom stereocenters. The first-order valence-electron chi connectivity index (χ1n) is 11.9. The van der Waals surface area contributed by atoms with E-state index in [0.717, 1.165) is 44.1 Å². The second kappa shape index (κ2) is 11.0. The number of anilines is 1. The molecule has 2 aromatic carbocycles. The van der Waals surface area contributed by atoms with E-state index in [1.54, 1.807) is 36.4 Å². The van der Waals surface area contributed by atoms with Crippen LogP contribution in [0.2, 0.25) is 0 Å². The third-order valence-electron chi connectivity index (χ3n) is 6.14. The van der Waals surface area contributed by atoms with Crippen LogP contribution in [0.4, 0.5) is 5.69 Å². The number of methoxy groups -OCH3 is 1. The standard InChI is InChI=1S/C26H31N3O5S/c1-34-24-14-13-22(35(32,33)29-16-4-2-3-5-17-29)18-23(24)28-25(30)15-8-19-6-9-20(10-7-19)26(31)27-21-11-12-21/h6-10,13-15,18,21H,2-5,11-12,16-17H2,1H3,(H,27,31)(H,28,30)/b15-8+. The number of benzene rings is 2. The Morgan fingerprint density at radius 1 is 1.00 bits per heavy atom. The largest absolute Gasteiger partial charge is 0.495 e. The predicted molar refractivity (Wildman–Crippen MR) is 135 cm³/mol. The number of nitrogens with zero attached hydrogens (tertiary/aromatic N) is 1. The van der Waals surface area contributed by atoms with Crippen LogP contribution < -0.4 is 15.4 Å². The van der Waals surface area contributed by atoms with E-state index in [4.69, 9.17) is 4.74 Å². The molecule has 0 atom stereocenters. The molecule has 0 radical (unpaired) electrons. The maximum absolute atomic E-state index is 13.2. The quantitative estimate of drug-likeness (QED) is 0.540. The minimum absolute atomic E-state index is 0.0946. The van der Waals surface area contributed by atoms with Gasteiger partial charge in [0, 0.05) is 30.8 Å². The van der Waals surface area contributed by atoms with Crippen molar-refractivity contribution in [2.75, 3.05) is 25.5 Å². The monoisotopic (exact) mass is 497 g/mol. The Labute approximate surface area is 206 Å². The van der Waals surface area contributed by atoms with E-state index in [0.29, 0.717) is 30.4 Å². The molecule has 2 aromatic rings. The molecule has 0 aromatic heterocycles. The zero-order valence-electron chi connectivity index (χ0n) is 19.8. The fraction of sp³-hybridized carbons (Fsp3) is 0.385. The SMILES string of the molecule is COc1ccc(S(=O)(=O)N2CCCCCC2)cc1NC(=O)/C=C/c1ccc(C(=O)NC2CC2)cc1. The van der Waals surface area contributed by atoms with E-state index in [1.807, 2.05) is 0 Å². The smallest absolute Gasteiger partial charge is 0.251 e. The van der Waals surface area contributed by atoms with Crippen molar-refractivity contribution in [2.45, 2.75) is 49.5 Å². The van der Waals surface area contributed by atoms with Crippen LogP contribution in [0.25, 0.3) is 6.08 Å². The number of ether oxygens (including phenoxy) is 1. The molecule has 1 aliphatic carbocycles. The van der Waals surface area contributed by atoms with E-state index >= 15 is 0 Å². The molecule has 2 amide bonds. The average Bonchev–Trinajstić information content (AvgIpc) is 3.70. The van der Waals surface area contributed by atoms with Crippen molar-refractivity contribution in [3.63, 3.8) is 0 Å². The summed E-state index contributed by atoms with van der Waals surface area (Å²) in [5.41, 5.74) is 1.61. The first-order valence-corrected chi connectivity index (χ1v) is 13.4. The molecule has 9 heteroatoms. The van der Waals surface area contributed by atoms with Crippen molar-refractivity contribution < 1.29 is 22.7 Å². The van der Waals surface area contributed by atoms with Gasteiger partial charge in [0.1, 0.15) is 5.75 Å². The van der Waals surface area contributed by atoms with E-state index in [-0.39, 0.29) is 16.5 Å². The van der Waals surface area contributed by atoms with Crippen molar-refractivity contribution in [1.29, 1.82) is 0 Å². The number of amides is 2. The molecule has 0 bridgehead atoms. The van der Waals surface area contributed by atoms with Crippen LogP contribution in [0, 0.1) is 0 Å². The van der Waals surface area contributed by atoms with Crippen LogP contribution in [-0.4, -0.2) is 50.8 Å². The van der Waals surface area contributed by atoms with Crippen molar-refractivity contribution in [3.05, 3.63) is 59.7 Å². The summed E-state index contributed by atoms with van der Waals surface area (Å²) in [4.78, 5) is 24.8. The Balaban J connectivity index is 1.44. The lowest BCUT2D eigenvalue weighted by Crippen LogP contribution is -2.32. The summed E-state index contributed by atoms with van der Waals surface area (Å²) in [6, 6.07) is 11.8. The van der Waals surface area contributed by atoms with Crippen LogP contribution >= 0.6 is 0 Å². The Morgan fingerprint density at radius 3 is 2.31 bits per heavy atom. The molecule has 1 saturated carbocycles. The van der Waals surface area contributed by atoms with Gasteiger partial charge < -0.3 is 15.4 Å². The number of sulfonamides is 1. The maximum atomic E-state index is 13.2. The first-order chi connectivity index (χ1) is 16.9. The van der Waals surface area contributed by atoms with Gasteiger partial charge in [0.05, 0.1) is 17.7 Å². The number of carbonyl (C=O) groups excluding carboxylic acids is 2. The van der Waals surface area contributed by atoms with Crippen LogP contribution in [0.3, 0.4) is 0 Å². The first kappa shape index (κ1) is 24.9. The van der Waals surface area contributed by atoms with Gasteiger partial charge in [-0.15, -0.1) is 0 Å². The zero-order valence-corrected chi connectivity index (χ0v) is 20.6. The lowest BCUT2D eigenvalue weighted by molar-refractivity contribution is -0.111. The maximum Gasteiger partial charge on any atom is 0.251 e. The summed E-state index contributed by atoms with van der Waals surface area (Å²) in [6.07, 6.45) is 8.78. The minimum atomic E-state index is -3.66. The molecule has 186 valence electrons. The second-order valence-corrected chi connectivity index (χ2v) is 10.8. The molecule has 2 N–H and O–H groups in total. The highest BCUT2D eigenvalue weighted by Crippen LogP contribution is 2.30. The van der Waals surface area contributed by atoms with Gasteiger partial charge in [0.2, 0.25) is 15.9 Å². The highest BCUT2D eigenvalue weighted by Gasteiger charge is 2.26. The van der Waals surface area contributed by atoms with Crippen LogP contribution in [0.15, 0.2) is 53.4 Å². The lowest BCUT2D eigenvalue weighted by atomic mass is 10.1. The highest BCUT2D eigenvalue weighted by molar-refractivity contribution is 7.89. The average molecular weight is 498 g/mol. The molecule has 1 heterocycles. The van der Waals surface area contributed by atoms with Gasteiger partial charge in [0.15, 0.2) is 0 Å². The van der Waals surface area contributed by atoms with Crippen LogP contribution in [0.1, 0.15) is 54.4 Å². The Hall–Kier alpha value is -3.17. The van der Waals surface area contributed by atoms with E-state index in [1.165, 1.54) is 29.6 Å². The lowest BCUT2D eigenvalue weighted by Gasteiger charge is -2.20. The summed E-state index contributed by atoms with van der Waals surface area (Å²) >= 11 is 0. The van der Waals surface area contributed by atoms with Crippen molar-refractivity contribution in [3.8, 4) is 5.75 Å². The van der Waals surface area contributed by atoms with Crippen LogP contribution in [-0.2, 0) is 14.8 Å². The Kier molecular flexibility index (Phi) is 7.87. The number of hydrogen-bond donors (Lipinski definition) is 2. The van der Waals surface area contributed by atoms with Gasteiger partial charge in [-0.3, -0.25) is 9.59 Å². The van der Waals surface area contributed by atoms with Gasteiger partial charge in [0.25, 0.3) is 5.91 Å². The summed E-state index contributed by atoms with van der Waals surface area (Å²) < 4.78 is 33.2. The normalized spacial score (nSPS) is 17.1. The molecular weight excluding hydrogens is 466 g/mol. The summed E-state index contributed by atoms with van der Waals surface area (Å²) in [5, 5.41) is 5.66. The van der Waals surface area contributed by atoms with Gasteiger partial charge in [-0.05, 0) is 67.7 Å². The van der Waals surface area contributed by atoms with E-state index < -0.39 is 15.9 Å². The molecule has 8 nitrogen and oxygen atoms in total. The number of hydrogen-bond acceptors (Lipinski definition) is 5. The summed E-state index contributed by atoms with van der Waals surface area (Å²) in [6.45, 7) is 1.000. The van der Waals surface area contributed by atoms with E-state index in [2.05, 4.69) is 10.6 Å². The number of rotatable bonds is 8. The summed E-state index contributed by atoms with van der Waals surface area (Å²) in [5.74, 6) is -0.154. The highest BCUT2D eigenvalue weighted by atomic mass is 32.2. The fourth-order valence-corrected chi connectivity index (χ4v) is 5.51. The topological polar surface area (TPSA) is 105 Å².